The highest BCUT2D eigenvalue weighted by Gasteiger charge is 2.31. The molecule has 25 heavy (non-hydrogen) atoms. The molecule has 3 rings (SSSR count). The Morgan fingerprint density at radius 1 is 1.36 bits per heavy atom. The van der Waals surface area contributed by atoms with Gasteiger partial charge in [0.15, 0.2) is 5.82 Å². The van der Waals surface area contributed by atoms with Crippen molar-refractivity contribution >= 4 is 35.2 Å². The number of nitrogens with zero attached hydrogens (tertiary/aromatic N) is 3. The highest BCUT2D eigenvalue weighted by atomic mass is 35.5. The number of nitrogen functional groups attached to an aromatic ring is 1. The van der Waals surface area contributed by atoms with Crippen LogP contribution in [0.5, 0.6) is 0 Å². The first-order chi connectivity index (χ1) is 11.9. The molecule has 0 amide bonds. The van der Waals surface area contributed by atoms with Crippen LogP contribution in [0.1, 0.15) is 24.1 Å². The Bertz CT molecular complexity index is 817. The summed E-state index contributed by atoms with van der Waals surface area (Å²) >= 11 is 5.97. The normalized spacial score (nSPS) is 16.5. The topological polar surface area (TPSA) is 122 Å². The first kappa shape index (κ1) is 17.3. The van der Waals surface area contributed by atoms with E-state index in [0.29, 0.717) is 48.0 Å². The lowest BCUT2D eigenvalue weighted by atomic mass is 9.90. The van der Waals surface area contributed by atoms with Crippen LogP contribution in [0.25, 0.3) is 0 Å². The van der Waals surface area contributed by atoms with Gasteiger partial charge in [-0.3, -0.25) is 5.41 Å². The number of anilines is 2. The van der Waals surface area contributed by atoms with E-state index in [1.807, 2.05) is 4.90 Å². The van der Waals surface area contributed by atoms with Gasteiger partial charge in [0.1, 0.15) is 17.8 Å². The van der Waals surface area contributed by atoms with Gasteiger partial charge in [-0.05, 0) is 25.0 Å². The Balaban J connectivity index is 1.80. The van der Waals surface area contributed by atoms with Crippen LogP contribution in [0.3, 0.4) is 0 Å². The van der Waals surface area contributed by atoms with Crippen LogP contribution < -0.4 is 16.4 Å². The van der Waals surface area contributed by atoms with E-state index in [1.165, 1.54) is 0 Å². The van der Waals surface area contributed by atoms with Crippen molar-refractivity contribution in [3.05, 3.63) is 46.7 Å². The molecule has 2 aromatic rings. The monoisotopic (exact) mass is 358 g/mol. The lowest BCUT2D eigenvalue weighted by Crippen LogP contribution is -2.51. The minimum Gasteiger partial charge on any atom is -0.382 e. The van der Waals surface area contributed by atoms with Crippen molar-refractivity contribution in [3.63, 3.8) is 0 Å². The number of benzene rings is 1. The second-order valence-corrected chi connectivity index (χ2v) is 6.62. The van der Waals surface area contributed by atoms with Gasteiger partial charge < -0.3 is 21.2 Å². The van der Waals surface area contributed by atoms with Crippen molar-refractivity contribution < 1.29 is 4.79 Å². The molecule has 1 aliphatic rings. The highest BCUT2D eigenvalue weighted by Crippen LogP contribution is 2.24. The molecule has 0 spiro atoms. The number of rotatable bonds is 4. The number of hydrogen-bond acceptors (Lipinski definition) is 7. The van der Waals surface area contributed by atoms with Gasteiger partial charge in [0.25, 0.3) is 0 Å². The van der Waals surface area contributed by atoms with Gasteiger partial charge in [0, 0.05) is 23.7 Å². The van der Waals surface area contributed by atoms with Crippen LogP contribution in [0.15, 0.2) is 30.5 Å². The molecule has 130 valence electrons. The van der Waals surface area contributed by atoms with E-state index in [-0.39, 0.29) is 11.5 Å². The van der Waals surface area contributed by atoms with Crippen LogP contribution in [-0.4, -0.2) is 40.6 Å². The van der Waals surface area contributed by atoms with Gasteiger partial charge in [-0.15, -0.1) is 0 Å². The molecule has 1 aromatic heterocycles. The summed E-state index contributed by atoms with van der Waals surface area (Å²) in [6.45, 7) is 1.21. The summed E-state index contributed by atoms with van der Waals surface area (Å²) < 4.78 is 0. The van der Waals surface area contributed by atoms with Crippen molar-refractivity contribution in [2.24, 2.45) is 5.73 Å². The van der Waals surface area contributed by atoms with Gasteiger partial charge in [0.05, 0.1) is 17.4 Å². The first-order valence-electron chi connectivity index (χ1n) is 7.89. The second-order valence-electron chi connectivity index (χ2n) is 6.19. The Morgan fingerprint density at radius 2 is 2.08 bits per heavy atom. The number of hydrogen-bond donors (Lipinski definition) is 3. The summed E-state index contributed by atoms with van der Waals surface area (Å²) in [5.41, 5.74) is 12.3. The van der Waals surface area contributed by atoms with Crippen LogP contribution in [0.4, 0.5) is 11.6 Å². The maximum absolute atomic E-state index is 11.0. The molecule has 0 saturated carbocycles. The average Bonchev–Trinajstić information content (AvgIpc) is 2.62. The molecular formula is C17H19ClN6O. The van der Waals surface area contributed by atoms with Gasteiger partial charge in [-0.1, -0.05) is 23.7 Å². The van der Waals surface area contributed by atoms with Crippen molar-refractivity contribution in [2.75, 3.05) is 23.7 Å². The van der Waals surface area contributed by atoms with E-state index in [0.717, 1.165) is 6.29 Å². The van der Waals surface area contributed by atoms with E-state index < -0.39 is 5.54 Å². The smallest absolute Gasteiger partial charge is 0.154 e. The number of halogens is 1. The Morgan fingerprint density at radius 3 is 2.68 bits per heavy atom. The third-order valence-corrected chi connectivity index (χ3v) is 4.62. The van der Waals surface area contributed by atoms with E-state index in [2.05, 4.69) is 9.97 Å². The standard InChI is InChI=1S/C17H19ClN6O/c18-12-3-1-2-11(8-12)14(19)15-16(20)23-13(9-22-15)24-6-4-17(21,10-25)5-7-24/h1-3,8-10,19H,4-7,21H2,(H2,20,23). The molecule has 0 unspecified atom stereocenters. The quantitative estimate of drug-likeness (QED) is 0.564. The molecule has 1 saturated heterocycles. The number of aldehydes is 1. The average molecular weight is 359 g/mol. The van der Waals surface area contributed by atoms with E-state index in [1.54, 1.807) is 30.5 Å². The van der Waals surface area contributed by atoms with E-state index in [9.17, 15) is 4.79 Å². The minimum absolute atomic E-state index is 0.166. The van der Waals surface area contributed by atoms with Crippen molar-refractivity contribution in [3.8, 4) is 0 Å². The first-order valence-corrected chi connectivity index (χ1v) is 8.27. The molecule has 2 heterocycles. The molecule has 0 bridgehead atoms. The number of nitrogens with two attached hydrogens (primary N) is 2. The lowest BCUT2D eigenvalue weighted by molar-refractivity contribution is -0.112. The molecule has 1 aliphatic heterocycles. The Kier molecular flexibility index (Phi) is 4.69. The van der Waals surface area contributed by atoms with Gasteiger partial charge in [-0.25, -0.2) is 9.97 Å². The van der Waals surface area contributed by atoms with Crippen LogP contribution in [-0.2, 0) is 4.79 Å². The summed E-state index contributed by atoms with van der Waals surface area (Å²) in [4.78, 5) is 21.7. The summed E-state index contributed by atoms with van der Waals surface area (Å²) in [6.07, 6.45) is 3.52. The largest absolute Gasteiger partial charge is 0.382 e. The highest BCUT2D eigenvalue weighted by molar-refractivity contribution is 6.31. The minimum atomic E-state index is -0.760. The van der Waals surface area contributed by atoms with E-state index >= 15 is 0 Å². The summed E-state index contributed by atoms with van der Waals surface area (Å²) in [5.74, 6) is 0.801. The van der Waals surface area contributed by atoms with Crippen LogP contribution in [0, 0.1) is 5.41 Å². The summed E-state index contributed by atoms with van der Waals surface area (Å²) in [5, 5.41) is 8.83. The number of piperidine rings is 1. The summed E-state index contributed by atoms with van der Waals surface area (Å²) in [7, 11) is 0. The SMILES string of the molecule is N=C(c1cccc(Cl)c1)c1ncc(N2CCC(N)(C=O)CC2)nc1N. The van der Waals surface area contributed by atoms with Crippen molar-refractivity contribution in [1.82, 2.24) is 9.97 Å². The fourth-order valence-corrected chi connectivity index (χ4v) is 2.98. The van der Waals surface area contributed by atoms with Crippen LogP contribution >= 0.6 is 11.6 Å². The molecule has 1 fully saturated rings. The molecule has 8 heteroatoms. The molecule has 7 nitrogen and oxygen atoms in total. The fraction of sp³-hybridized carbons (Fsp3) is 0.294. The Labute approximate surface area is 150 Å². The van der Waals surface area contributed by atoms with Gasteiger partial charge in [0.2, 0.25) is 0 Å². The van der Waals surface area contributed by atoms with Gasteiger partial charge in [-0.2, -0.15) is 0 Å². The third-order valence-electron chi connectivity index (χ3n) is 4.39. The number of carbonyl (C=O) groups is 1. The zero-order valence-corrected chi connectivity index (χ0v) is 14.3. The molecule has 0 aliphatic carbocycles. The van der Waals surface area contributed by atoms with Crippen molar-refractivity contribution in [2.45, 2.75) is 18.4 Å². The zero-order valence-electron chi connectivity index (χ0n) is 13.6. The third kappa shape index (κ3) is 3.62. The maximum atomic E-state index is 11.0. The zero-order chi connectivity index (χ0) is 18.0. The molecule has 0 radical (unpaired) electrons. The molecule has 0 atom stereocenters. The molecule has 1 aromatic carbocycles. The second kappa shape index (κ2) is 6.78. The van der Waals surface area contributed by atoms with Gasteiger partial charge >= 0.3 is 0 Å². The predicted molar refractivity (Wildman–Crippen MR) is 98.3 cm³/mol. The summed E-state index contributed by atoms with van der Waals surface area (Å²) in [6, 6.07) is 6.96. The molecular weight excluding hydrogens is 340 g/mol. The van der Waals surface area contributed by atoms with E-state index in [4.69, 9.17) is 28.5 Å². The number of carbonyl (C=O) groups excluding carboxylic acids is 1. The van der Waals surface area contributed by atoms with Crippen LogP contribution in [0.2, 0.25) is 5.02 Å². The predicted octanol–water partition coefficient (Wildman–Crippen LogP) is 1.62. The number of nitrogens with one attached hydrogen (secondary N) is 1. The van der Waals surface area contributed by atoms with Crippen molar-refractivity contribution in [1.29, 1.82) is 5.41 Å². The maximum Gasteiger partial charge on any atom is 0.154 e. The fourth-order valence-electron chi connectivity index (χ4n) is 2.79. The number of aromatic nitrogens is 2. The Hall–Kier alpha value is -2.51. The molecule has 5 N–H and O–H groups in total. The lowest BCUT2D eigenvalue weighted by Gasteiger charge is -2.36.